The molecule has 1 unspecified atom stereocenters. The molecule has 0 saturated heterocycles. The number of ether oxygens (including phenoxy) is 2. The molecule has 0 aliphatic carbocycles. The van der Waals surface area contributed by atoms with Gasteiger partial charge in [-0.05, 0) is 20.8 Å². The fourth-order valence-corrected chi connectivity index (χ4v) is 0.746. The predicted molar refractivity (Wildman–Crippen MR) is 45.9 cm³/mol. The minimum Gasteiger partial charge on any atom is -0.420 e. The highest BCUT2D eigenvalue weighted by Crippen LogP contribution is 1.98. The van der Waals surface area contributed by atoms with Gasteiger partial charge in [0.15, 0.2) is 0 Å². The smallest absolute Gasteiger partial charge is 0.412 e. The first kappa shape index (κ1) is 11.2. The van der Waals surface area contributed by atoms with Crippen LogP contribution >= 0.6 is 0 Å². The first-order valence-electron chi connectivity index (χ1n) is 4.14. The van der Waals surface area contributed by atoms with Crippen LogP contribution in [-0.4, -0.2) is 37.5 Å². The molecule has 1 atom stereocenters. The maximum Gasteiger partial charge on any atom is 0.412 e. The van der Waals surface area contributed by atoms with Gasteiger partial charge in [0.2, 0.25) is 6.29 Å². The summed E-state index contributed by atoms with van der Waals surface area (Å²) in [4.78, 5) is 12.8. The number of nitrogens with zero attached hydrogens (tertiary/aromatic N) is 1. The van der Waals surface area contributed by atoms with Gasteiger partial charge in [-0.15, -0.1) is 0 Å². The third-order valence-electron chi connectivity index (χ3n) is 1.62. The second-order valence-corrected chi connectivity index (χ2v) is 2.36. The monoisotopic (exact) mass is 175 g/mol. The molecule has 0 aromatic carbocycles. The minimum atomic E-state index is -0.474. The highest BCUT2D eigenvalue weighted by molar-refractivity contribution is 5.67. The van der Waals surface area contributed by atoms with Crippen LogP contribution < -0.4 is 0 Å². The lowest BCUT2D eigenvalue weighted by Gasteiger charge is -2.20. The molecule has 12 heavy (non-hydrogen) atoms. The number of rotatable bonds is 4. The van der Waals surface area contributed by atoms with E-state index in [0.717, 1.165) is 0 Å². The van der Waals surface area contributed by atoms with E-state index in [2.05, 4.69) is 0 Å². The quantitative estimate of drug-likeness (QED) is 0.607. The molecule has 0 aromatic rings. The summed E-state index contributed by atoms with van der Waals surface area (Å²) in [5.41, 5.74) is 0. The number of carbonyl (C=O) groups excluding carboxylic acids is 1. The van der Waals surface area contributed by atoms with Crippen molar-refractivity contribution in [3.63, 3.8) is 0 Å². The Morgan fingerprint density at radius 2 is 1.92 bits per heavy atom. The van der Waals surface area contributed by atoms with Crippen LogP contribution in [0.4, 0.5) is 4.79 Å². The molecule has 0 aromatic heterocycles. The van der Waals surface area contributed by atoms with Gasteiger partial charge in [-0.25, -0.2) is 4.79 Å². The standard InChI is InChI=1S/C8H17NO3/c1-5-9(6-2)8(10)12-7(3)11-4/h7H,5-6H2,1-4H3. The van der Waals surface area contributed by atoms with Crippen molar-refractivity contribution in [2.75, 3.05) is 20.2 Å². The maximum absolute atomic E-state index is 11.2. The van der Waals surface area contributed by atoms with Crippen molar-refractivity contribution in [1.29, 1.82) is 0 Å². The summed E-state index contributed by atoms with van der Waals surface area (Å²) in [5.74, 6) is 0. The number of hydrogen-bond acceptors (Lipinski definition) is 3. The van der Waals surface area contributed by atoms with Crippen molar-refractivity contribution < 1.29 is 14.3 Å². The predicted octanol–water partition coefficient (Wildman–Crippen LogP) is 1.46. The summed E-state index contributed by atoms with van der Waals surface area (Å²) >= 11 is 0. The zero-order valence-corrected chi connectivity index (χ0v) is 8.16. The number of carbonyl (C=O) groups is 1. The topological polar surface area (TPSA) is 38.8 Å². The van der Waals surface area contributed by atoms with E-state index in [4.69, 9.17) is 9.47 Å². The Labute approximate surface area is 73.4 Å². The van der Waals surface area contributed by atoms with Crippen LogP contribution in [0.1, 0.15) is 20.8 Å². The first-order valence-corrected chi connectivity index (χ1v) is 4.14. The van der Waals surface area contributed by atoms with Crippen LogP contribution in [0.5, 0.6) is 0 Å². The van der Waals surface area contributed by atoms with Crippen molar-refractivity contribution in [3.8, 4) is 0 Å². The number of methoxy groups -OCH3 is 1. The molecule has 0 bridgehead atoms. The van der Waals surface area contributed by atoms with E-state index in [1.54, 1.807) is 11.8 Å². The fourth-order valence-electron chi connectivity index (χ4n) is 0.746. The van der Waals surface area contributed by atoms with Crippen LogP contribution in [0, 0.1) is 0 Å². The third kappa shape index (κ3) is 3.57. The average Bonchev–Trinajstić information content (AvgIpc) is 2.06. The lowest BCUT2D eigenvalue weighted by Crippen LogP contribution is -2.33. The Morgan fingerprint density at radius 1 is 1.42 bits per heavy atom. The molecule has 4 nitrogen and oxygen atoms in total. The summed E-state index contributed by atoms with van der Waals surface area (Å²) in [7, 11) is 1.50. The van der Waals surface area contributed by atoms with Crippen LogP contribution in [0.2, 0.25) is 0 Å². The van der Waals surface area contributed by atoms with Crippen LogP contribution in [-0.2, 0) is 9.47 Å². The van der Waals surface area contributed by atoms with E-state index < -0.39 is 6.29 Å². The molecule has 4 heteroatoms. The second kappa shape index (κ2) is 5.83. The van der Waals surface area contributed by atoms with E-state index in [9.17, 15) is 4.79 Å². The van der Waals surface area contributed by atoms with E-state index >= 15 is 0 Å². The molecule has 0 fully saturated rings. The summed E-state index contributed by atoms with van der Waals surface area (Å²) < 4.78 is 9.70. The van der Waals surface area contributed by atoms with Crippen molar-refractivity contribution >= 4 is 6.09 Å². The van der Waals surface area contributed by atoms with Gasteiger partial charge < -0.3 is 14.4 Å². The summed E-state index contributed by atoms with van der Waals surface area (Å²) in [6.07, 6.45) is -0.799. The van der Waals surface area contributed by atoms with Crippen LogP contribution in [0.15, 0.2) is 0 Å². The molecular formula is C8H17NO3. The van der Waals surface area contributed by atoms with Gasteiger partial charge in [-0.1, -0.05) is 0 Å². The molecule has 1 amide bonds. The van der Waals surface area contributed by atoms with Crippen molar-refractivity contribution in [2.45, 2.75) is 27.1 Å². The van der Waals surface area contributed by atoms with Crippen molar-refractivity contribution in [1.82, 2.24) is 4.90 Å². The normalized spacial score (nSPS) is 12.3. The third-order valence-corrected chi connectivity index (χ3v) is 1.62. The number of hydrogen-bond donors (Lipinski definition) is 0. The molecule has 0 radical (unpaired) electrons. The summed E-state index contributed by atoms with van der Waals surface area (Å²) in [6.45, 7) is 6.81. The summed E-state index contributed by atoms with van der Waals surface area (Å²) in [5, 5.41) is 0. The van der Waals surface area contributed by atoms with Gasteiger partial charge >= 0.3 is 6.09 Å². The second-order valence-electron chi connectivity index (χ2n) is 2.36. The molecule has 0 rings (SSSR count). The highest BCUT2D eigenvalue weighted by atomic mass is 16.7. The largest absolute Gasteiger partial charge is 0.420 e. The Hall–Kier alpha value is -0.770. The van der Waals surface area contributed by atoms with Gasteiger partial charge in [0.25, 0.3) is 0 Å². The first-order chi connectivity index (χ1) is 5.65. The van der Waals surface area contributed by atoms with Crippen molar-refractivity contribution in [3.05, 3.63) is 0 Å². The Morgan fingerprint density at radius 3 is 2.25 bits per heavy atom. The lowest BCUT2D eigenvalue weighted by atomic mass is 10.5. The molecular weight excluding hydrogens is 158 g/mol. The molecule has 0 N–H and O–H groups in total. The van der Waals surface area contributed by atoms with E-state index in [0.29, 0.717) is 13.1 Å². The Bertz CT molecular complexity index is 134. The SMILES string of the molecule is CCN(CC)C(=O)OC(C)OC. The molecule has 0 saturated carbocycles. The Kier molecular flexibility index (Phi) is 5.45. The van der Waals surface area contributed by atoms with E-state index in [1.165, 1.54) is 7.11 Å². The molecule has 0 spiro atoms. The van der Waals surface area contributed by atoms with E-state index in [1.807, 2.05) is 13.8 Å². The van der Waals surface area contributed by atoms with Gasteiger partial charge in [0.05, 0.1) is 0 Å². The molecule has 72 valence electrons. The fraction of sp³-hybridized carbons (Fsp3) is 0.875. The summed E-state index contributed by atoms with van der Waals surface area (Å²) in [6, 6.07) is 0. The van der Waals surface area contributed by atoms with Crippen LogP contribution in [0.25, 0.3) is 0 Å². The van der Waals surface area contributed by atoms with Gasteiger partial charge in [0, 0.05) is 20.2 Å². The molecule has 0 aliphatic heterocycles. The zero-order chi connectivity index (χ0) is 9.56. The van der Waals surface area contributed by atoms with Gasteiger partial charge in [-0.2, -0.15) is 0 Å². The average molecular weight is 175 g/mol. The highest BCUT2D eigenvalue weighted by Gasteiger charge is 2.13. The maximum atomic E-state index is 11.2. The minimum absolute atomic E-state index is 0.325. The molecule has 0 heterocycles. The van der Waals surface area contributed by atoms with Crippen LogP contribution in [0.3, 0.4) is 0 Å². The van der Waals surface area contributed by atoms with Gasteiger partial charge in [0.1, 0.15) is 0 Å². The number of amides is 1. The van der Waals surface area contributed by atoms with E-state index in [-0.39, 0.29) is 6.09 Å². The van der Waals surface area contributed by atoms with Crippen molar-refractivity contribution in [2.24, 2.45) is 0 Å². The lowest BCUT2D eigenvalue weighted by molar-refractivity contribution is -0.0772. The Balaban J connectivity index is 3.84. The van der Waals surface area contributed by atoms with Gasteiger partial charge in [-0.3, -0.25) is 0 Å². The molecule has 0 aliphatic rings. The zero-order valence-electron chi connectivity index (χ0n) is 8.16.